The second-order valence-electron chi connectivity index (χ2n) is 3.38. The van der Waals surface area contributed by atoms with Crippen LogP contribution in [0.4, 0.5) is 0 Å². The maximum Gasteiger partial charge on any atom is 0.224 e. The Morgan fingerprint density at radius 2 is 2.38 bits per heavy atom. The predicted octanol–water partition coefficient (Wildman–Crippen LogP) is 2.88. The fraction of sp³-hybridized carbons (Fsp3) is 0.364. The average Bonchev–Trinajstić information content (AvgIpc) is 2.72. The summed E-state index contributed by atoms with van der Waals surface area (Å²) < 4.78 is 5.15. The molecule has 0 amide bonds. The van der Waals surface area contributed by atoms with Crippen LogP contribution in [0, 0.1) is 6.92 Å². The summed E-state index contributed by atoms with van der Waals surface area (Å²) in [6.45, 7) is 1.90. The van der Waals surface area contributed by atoms with Crippen LogP contribution in [-0.4, -0.2) is 5.78 Å². The maximum atomic E-state index is 11.8. The highest BCUT2D eigenvalue weighted by molar-refractivity contribution is 6.07. The second-order valence-corrected chi connectivity index (χ2v) is 3.38. The highest BCUT2D eigenvalue weighted by atomic mass is 16.3. The molecule has 2 rings (SSSR count). The first-order valence-electron chi connectivity index (χ1n) is 4.57. The average molecular weight is 176 g/mol. The highest BCUT2D eigenvalue weighted by Crippen LogP contribution is 2.23. The molecule has 13 heavy (non-hydrogen) atoms. The van der Waals surface area contributed by atoms with Gasteiger partial charge in [0.2, 0.25) is 5.78 Å². The van der Waals surface area contributed by atoms with Crippen LogP contribution in [0.2, 0.25) is 0 Å². The van der Waals surface area contributed by atoms with E-state index >= 15 is 0 Å². The molecular weight excluding hydrogens is 164 g/mol. The van der Waals surface area contributed by atoms with Gasteiger partial charge < -0.3 is 4.42 Å². The molecule has 1 aliphatic rings. The number of ketones is 1. The van der Waals surface area contributed by atoms with E-state index in [0.717, 1.165) is 30.4 Å². The van der Waals surface area contributed by atoms with Crippen molar-refractivity contribution in [2.75, 3.05) is 0 Å². The number of furan rings is 1. The summed E-state index contributed by atoms with van der Waals surface area (Å²) in [5.41, 5.74) is 1.84. The van der Waals surface area contributed by atoms with Gasteiger partial charge in [-0.2, -0.15) is 0 Å². The predicted molar refractivity (Wildman–Crippen MR) is 49.7 cm³/mol. The molecule has 0 N–H and O–H groups in total. The van der Waals surface area contributed by atoms with Crippen LogP contribution < -0.4 is 0 Å². The number of hydrogen-bond donors (Lipinski definition) is 0. The molecule has 0 aliphatic heterocycles. The Labute approximate surface area is 77.2 Å². The van der Waals surface area contributed by atoms with Crippen LogP contribution in [-0.2, 0) is 0 Å². The molecule has 0 aromatic carbocycles. The van der Waals surface area contributed by atoms with E-state index in [1.165, 1.54) is 0 Å². The highest BCUT2D eigenvalue weighted by Gasteiger charge is 2.19. The van der Waals surface area contributed by atoms with E-state index in [1.807, 2.05) is 19.1 Å². The summed E-state index contributed by atoms with van der Waals surface area (Å²) in [5.74, 6) is 0.577. The molecule has 68 valence electrons. The van der Waals surface area contributed by atoms with Crippen LogP contribution >= 0.6 is 0 Å². The van der Waals surface area contributed by atoms with Crippen molar-refractivity contribution in [3.8, 4) is 0 Å². The first-order valence-corrected chi connectivity index (χ1v) is 4.57. The Kier molecular flexibility index (Phi) is 2.05. The molecule has 0 radical (unpaired) electrons. The minimum absolute atomic E-state index is 0.0694. The molecule has 1 heterocycles. The third kappa shape index (κ3) is 1.44. The SMILES string of the molecule is Cc1ccoc1C(=O)C1=CCCC1. The molecule has 0 fully saturated rings. The van der Waals surface area contributed by atoms with Crippen LogP contribution in [0.15, 0.2) is 28.4 Å². The van der Waals surface area contributed by atoms with Gasteiger partial charge in [0.05, 0.1) is 6.26 Å². The van der Waals surface area contributed by atoms with Gasteiger partial charge in [0.1, 0.15) is 0 Å². The van der Waals surface area contributed by atoms with E-state index in [0.29, 0.717) is 5.76 Å². The lowest BCUT2D eigenvalue weighted by atomic mass is 10.1. The van der Waals surface area contributed by atoms with Crippen molar-refractivity contribution in [2.24, 2.45) is 0 Å². The molecule has 0 unspecified atom stereocenters. The summed E-state index contributed by atoms with van der Waals surface area (Å²) in [6, 6.07) is 1.82. The Hall–Kier alpha value is -1.31. The molecule has 0 bridgehead atoms. The molecule has 0 atom stereocenters. The molecule has 0 saturated heterocycles. The molecule has 1 aromatic rings. The number of carbonyl (C=O) groups is 1. The van der Waals surface area contributed by atoms with E-state index in [4.69, 9.17) is 4.42 Å². The van der Waals surface area contributed by atoms with Gasteiger partial charge in [-0.3, -0.25) is 4.79 Å². The monoisotopic (exact) mass is 176 g/mol. The van der Waals surface area contributed by atoms with Crippen molar-refractivity contribution < 1.29 is 9.21 Å². The van der Waals surface area contributed by atoms with Crippen LogP contribution in [0.25, 0.3) is 0 Å². The lowest BCUT2D eigenvalue weighted by Crippen LogP contribution is -2.01. The van der Waals surface area contributed by atoms with E-state index < -0.39 is 0 Å². The summed E-state index contributed by atoms with van der Waals surface area (Å²) in [4.78, 5) is 11.8. The maximum absolute atomic E-state index is 11.8. The topological polar surface area (TPSA) is 30.2 Å². The third-order valence-electron chi connectivity index (χ3n) is 2.40. The number of rotatable bonds is 2. The Morgan fingerprint density at radius 1 is 1.54 bits per heavy atom. The molecule has 2 nitrogen and oxygen atoms in total. The fourth-order valence-electron chi connectivity index (χ4n) is 1.63. The zero-order valence-electron chi connectivity index (χ0n) is 7.67. The summed E-state index contributed by atoms with van der Waals surface area (Å²) in [5, 5.41) is 0. The summed E-state index contributed by atoms with van der Waals surface area (Å²) >= 11 is 0. The third-order valence-corrected chi connectivity index (χ3v) is 2.40. The minimum atomic E-state index is 0.0694. The number of allylic oxidation sites excluding steroid dienone is 2. The van der Waals surface area contributed by atoms with Crippen LogP contribution in [0.5, 0.6) is 0 Å². The summed E-state index contributed by atoms with van der Waals surface area (Å²) in [6.07, 6.45) is 6.61. The number of Topliss-reactive ketones (excluding diaryl/α,β-unsaturated/α-hetero) is 1. The van der Waals surface area contributed by atoms with Crippen LogP contribution in [0.1, 0.15) is 35.4 Å². The van der Waals surface area contributed by atoms with Gasteiger partial charge in [0.25, 0.3) is 0 Å². The summed E-state index contributed by atoms with van der Waals surface area (Å²) in [7, 11) is 0. The van der Waals surface area contributed by atoms with Crippen molar-refractivity contribution in [3.63, 3.8) is 0 Å². The van der Waals surface area contributed by atoms with E-state index in [-0.39, 0.29) is 5.78 Å². The second kappa shape index (κ2) is 3.21. The normalized spacial score (nSPS) is 15.9. The number of carbonyl (C=O) groups excluding carboxylic acids is 1. The molecule has 0 spiro atoms. The van der Waals surface area contributed by atoms with Crippen molar-refractivity contribution >= 4 is 5.78 Å². The standard InChI is InChI=1S/C11H12O2/c1-8-6-7-13-11(8)10(12)9-4-2-3-5-9/h4,6-7H,2-3,5H2,1H3. The largest absolute Gasteiger partial charge is 0.461 e. The Bertz CT molecular complexity index is 358. The molecule has 2 heteroatoms. The Morgan fingerprint density at radius 3 is 2.92 bits per heavy atom. The molecule has 0 saturated carbocycles. The van der Waals surface area contributed by atoms with Gasteiger partial charge in [-0.15, -0.1) is 0 Å². The zero-order chi connectivity index (χ0) is 9.26. The quantitative estimate of drug-likeness (QED) is 0.648. The molecule has 1 aromatic heterocycles. The lowest BCUT2D eigenvalue weighted by Gasteiger charge is -1.98. The minimum Gasteiger partial charge on any atom is -0.461 e. The smallest absolute Gasteiger partial charge is 0.224 e. The molecular formula is C11H12O2. The Balaban J connectivity index is 2.27. The van der Waals surface area contributed by atoms with Crippen molar-refractivity contribution in [3.05, 3.63) is 35.3 Å². The van der Waals surface area contributed by atoms with E-state index in [9.17, 15) is 4.79 Å². The lowest BCUT2D eigenvalue weighted by molar-refractivity contribution is 0.100. The number of hydrogen-bond acceptors (Lipinski definition) is 2. The van der Waals surface area contributed by atoms with Crippen molar-refractivity contribution in [1.82, 2.24) is 0 Å². The van der Waals surface area contributed by atoms with E-state index in [2.05, 4.69) is 0 Å². The van der Waals surface area contributed by atoms with Crippen molar-refractivity contribution in [2.45, 2.75) is 26.2 Å². The molecule has 1 aliphatic carbocycles. The van der Waals surface area contributed by atoms with Gasteiger partial charge in [-0.25, -0.2) is 0 Å². The van der Waals surface area contributed by atoms with Gasteiger partial charge >= 0.3 is 0 Å². The fourth-order valence-corrected chi connectivity index (χ4v) is 1.63. The van der Waals surface area contributed by atoms with Crippen molar-refractivity contribution in [1.29, 1.82) is 0 Å². The van der Waals surface area contributed by atoms with Gasteiger partial charge in [0.15, 0.2) is 5.76 Å². The van der Waals surface area contributed by atoms with Gasteiger partial charge in [-0.05, 0) is 43.4 Å². The first-order chi connectivity index (χ1) is 6.29. The van der Waals surface area contributed by atoms with E-state index in [1.54, 1.807) is 6.26 Å². The van der Waals surface area contributed by atoms with Crippen LogP contribution in [0.3, 0.4) is 0 Å². The van der Waals surface area contributed by atoms with Gasteiger partial charge in [-0.1, -0.05) is 6.08 Å². The first kappa shape index (κ1) is 8.30. The number of aryl methyl sites for hydroxylation is 1. The van der Waals surface area contributed by atoms with Gasteiger partial charge in [0, 0.05) is 0 Å². The zero-order valence-corrected chi connectivity index (χ0v) is 7.67.